The highest BCUT2D eigenvalue weighted by molar-refractivity contribution is 7.89. The summed E-state index contributed by atoms with van der Waals surface area (Å²) in [4.78, 5) is 0.199. The Bertz CT molecular complexity index is 699. The molecule has 0 aliphatic rings. The van der Waals surface area contributed by atoms with E-state index in [1.807, 2.05) is 6.07 Å². The minimum absolute atomic E-state index is 0.199. The smallest absolute Gasteiger partial charge is 0.238 e. The van der Waals surface area contributed by atoms with E-state index in [2.05, 4.69) is 24.4 Å². The van der Waals surface area contributed by atoms with Gasteiger partial charge >= 0.3 is 0 Å². The Morgan fingerprint density at radius 3 is 1.90 bits per heavy atom. The molecule has 3 N–H and O–H groups in total. The summed E-state index contributed by atoms with van der Waals surface area (Å²) in [5, 5.41) is 8.57. The van der Waals surface area contributed by atoms with Gasteiger partial charge in [0.15, 0.2) is 0 Å². The van der Waals surface area contributed by atoms with Crippen LogP contribution in [0.1, 0.15) is 102 Å². The van der Waals surface area contributed by atoms with Crippen molar-refractivity contribution in [3.63, 3.8) is 0 Å². The van der Waals surface area contributed by atoms with E-state index < -0.39 is 10.0 Å². The predicted molar refractivity (Wildman–Crippen MR) is 130 cm³/mol. The zero-order valence-electron chi connectivity index (χ0n) is 19.3. The number of aryl methyl sites for hydroxylation is 1. The average Bonchev–Trinajstić information content (AvgIpc) is 2.69. The first-order chi connectivity index (χ1) is 14.4. The van der Waals surface area contributed by atoms with E-state index >= 15 is 0 Å². The van der Waals surface area contributed by atoms with Gasteiger partial charge in [-0.25, -0.2) is 13.6 Å². The molecule has 1 aromatic rings. The van der Waals surface area contributed by atoms with Gasteiger partial charge in [0.2, 0.25) is 10.0 Å². The van der Waals surface area contributed by atoms with Crippen molar-refractivity contribution in [3.05, 3.63) is 35.9 Å². The van der Waals surface area contributed by atoms with Crippen molar-refractivity contribution in [1.29, 1.82) is 0 Å². The van der Waals surface area contributed by atoms with Gasteiger partial charge in [-0.3, -0.25) is 0 Å². The number of allylic oxidation sites excluding steroid dienone is 2. The molecule has 0 amide bonds. The van der Waals surface area contributed by atoms with Crippen LogP contribution in [0, 0.1) is 6.92 Å². The molecule has 172 valence electrons. The minimum atomic E-state index is -3.63. The maximum Gasteiger partial charge on any atom is 0.238 e. The molecule has 0 saturated heterocycles. The van der Waals surface area contributed by atoms with Crippen molar-refractivity contribution < 1.29 is 8.42 Å². The van der Waals surface area contributed by atoms with Gasteiger partial charge in [-0.2, -0.15) is 0 Å². The largest absolute Gasteiger partial charge is 0.385 e. The summed E-state index contributed by atoms with van der Waals surface area (Å²) in [5.41, 5.74) is 1.64. The fourth-order valence-corrected chi connectivity index (χ4v) is 4.45. The number of hydrogen-bond donors (Lipinski definition) is 2. The molecule has 0 radical (unpaired) electrons. The molecule has 0 fully saturated rings. The van der Waals surface area contributed by atoms with E-state index in [4.69, 9.17) is 5.14 Å². The number of primary sulfonamides is 1. The molecule has 0 saturated carbocycles. The second kappa shape index (κ2) is 16.4. The van der Waals surface area contributed by atoms with Crippen LogP contribution in [-0.4, -0.2) is 15.0 Å². The van der Waals surface area contributed by atoms with Gasteiger partial charge in [-0.1, -0.05) is 76.9 Å². The Morgan fingerprint density at radius 2 is 1.37 bits per heavy atom. The van der Waals surface area contributed by atoms with Crippen molar-refractivity contribution >= 4 is 15.7 Å². The van der Waals surface area contributed by atoms with Gasteiger partial charge in [0.05, 0.1) is 4.90 Å². The highest BCUT2D eigenvalue weighted by Crippen LogP contribution is 2.18. The van der Waals surface area contributed by atoms with E-state index in [1.165, 1.54) is 83.5 Å². The third-order valence-electron chi connectivity index (χ3n) is 5.50. The Balaban J connectivity index is 1.94. The molecule has 0 heterocycles. The Kier molecular flexibility index (Phi) is 14.6. The number of hydrogen-bond acceptors (Lipinski definition) is 3. The number of sulfonamides is 1. The maximum absolute atomic E-state index is 11.4. The van der Waals surface area contributed by atoms with Gasteiger partial charge in [0.1, 0.15) is 0 Å². The van der Waals surface area contributed by atoms with E-state index in [-0.39, 0.29) is 4.90 Å². The molecule has 5 heteroatoms. The number of nitrogens with one attached hydrogen (secondary N) is 1. The fraction of sp³-hybridized carbons (Fsp3) is 0.680. The molecule has 0 unspecified atom stereocenters. The molecule has 0 spiro atoms. The normalized spacial score (nSPS) is 12.0. The number of benzene rings is 1. The van der Waals surface area contributed by atoms with Crippen LogP contribution in [0.5, 0.6) is 0 Å². The van der Waals surface area contributed by atoms with Gasteiger partial charge in [-0.05, 0) is 62.8 Å². The van der Waals surface area contributed by atoms with E-state index in [0.717, 1.165) is 18.7 Å². The summed E-state index contributed by atoms with van der Waals surface area (Å²) >= 11 is 0. The SMILES string of the molecule is CCCCCCCC/C=C\CCCCCCCCNc1ccc(S(N)(=O)=O)c(C)c1. The first-order valence-electron chi connectivity index (χ1n) is 12.0. The lowest BCUT2D eigenvalue weighted by atomic mass is 10.1. The number of rotatable bonds is 18. The van der Waals surface area contributed by atoms with Gasteiger partial charge in [0, 0.05) is 12.2 Å². The van der Waals surface area contributed by atoms with Crippen molar-refractivity contribution in [3.8, 4) is 0 Å². The number of unbranched alkanes of at least 4 members (excludes halogenated alkanes) is 12. The molecule has 0 aliphatic heterocycles. The van der Waals surface area contributed by atoms with Gasteiger partial charge in [-0.15, -0.1) is 0 Å². The lowest BCUT2D eigenvalue weighted by Gasteiger charge is -2.09. The summed E-state index contributed by atoms with van der Waals surface area (Å²) < 4.78 is 22.9. The topological polar surface area (TPSA) is 72.2 Å². The van der Waals surface area contributed by atoms with Crippen LogP contribution < -0.4 is 10.5 Å². The van der Waals surface area contributed by atoms with Gasteiger partial charge < -0.3 is 5.32 Å². The summed E-state index contributed by atoms with van der Waals surface area (Å²) in [6.07, 6.45) is 23.1. The molecule has 0 atom stereocenters. The quantitative estimate of drug-likeness (QED) is 0.190. The standard InChI is InChI=1S/C25H44N2O2S/c1-3-4-5-6-7-8-9-10-11-12-13-14-15-16-17-18-21-27-24-19-20-25(23(2)22-24)30(26,28)29/h10-11,19-20,22,27H,3-9,12-18,21H2,1-2H3,(H2,26,28,29)/b11-10-. The molecule has 1 rings (SSSR count). The molecule has 0 bridgehead atoms. The highest BCUT2D eigenvalue weighted by Gasteiger charge is 2.11. The first kappa shape index (κ1) is 26.7. The summed E-state index contributed by atoms with van der Waals surface area (Å²) in [5.74, 6) is 0. The summed E-state index contributed by atoms with van der Waals surface area (Å²) in [6.45, 7) is 4.95. The summed E-state index contributed by atoms with van der Waals surface area (Å²) in [6, 6.07) is 5.21. The van der Waals surface area contributed by atoms with Crippen LogP contribution >= 0.6 is 0 Å². The Hall–Kier alpha value is -1.33. The van der Waals surface area contributed by atoms with Gasteiger partial charge in [0.25, 0.3) is 0 Å². The van der Waals surface area contributed by atoms with E-state index in [9.17, 15) is 8.42 Å². The monoisotopic (exact) mass is 436 g/mol. The molecular weight excluding hydrogens is 392 g/mol. The Labute approximate surface area is 185 Å². The van der Waals surface area contributed by atoms with Crippen LogP contribution in [0.2, 0.25) is 0 Å². The van der Waals surface area contributed by atoms with Crippen molar-refractivity contribution in [2.75, 3.05) is 11.9 Å². The highest BCUT2D eigenvalue weighted by atomic mass is 32.2. The average molecular weight is 437 g/mol. The molecule has 0 aromatic heterocycles. The minimum Gasteiger partial charge on any atom is -0.385 e. The van der Waals surface area contributed by atoms with Crippen LogP contribution in [-0.2, 0) is 10.0 Å². The number of nitrogens with two attached hydrogens (primary N) is 1. The third kappa shape index (κ3) is 13.1. The van der Waals surface area contributed by atoms with E-state index in [0.29, 0.717) is 5.56 Å². The Morgan fingerprint density at radius 1 is 0.833 bits per heavy atom. The van der Waals surface area contributed by atoms with Crippen LogP contribution in [0.25, 0.3) is 0 Å². The maximum atomic E-state index is 11.4. The third-order valence-corrected chi connectivity index (χ3v) is 6.57. The molecular formula is C25H44N2O2S. The first-order valence-corrected chi connectivity index (χ1v) is 13.5. The van der Waals surface area contributed by atoms with Crippen LogP contribution in [0.15, 0.2) is 35.2 Å². The molecule has 0 aliphatic carbocycles. The molecule has 30 heavy (non-hydrogen) atoms. The molecule has 1 aromatic carbocycles. The second-order valence-electron chi connectivity index (χ2n) is 8.39. The summed E-state index contributed by atoms with van der Waals surface area (Å²) in [7, 11) is -3.63. The predicted octanol–water partition coefficient (Wildman–Crippen LogP) is 7.09. The zero-order valence-corrected chi connectivity index (χ0v) is 20.1. The lowest BCUT2D eigenvalue weighted by molar-refractivity contribution is 0.597. The second-order valence-corrected chi connectivity index (χ2v) is 9.92. The van der Waals surface area contributed by atoms with Crippen LogP contribution in [0.3, 0.4) is 0 Å². The fourth-order valence-electron chi connectivity index (χ4n) is 3.68. The van der Waals surface area contributed by atoms with E-state index in [1.54, 1.807) is 19.1 Å². The lowest BCUT2D eigenvalue weighted by Crippen LogP contribution is -2.13. The van der Waals surface area contributed by atoms with Crippen molar-refractivity contribution in [1.82, 2.24) is 0 Å². The number of anilines is 1. The van der Waals surface area contributed by atoms with Crippen molar-refractivity contribution in [2.45, 2.75) is 109 Å². The van der Waals surface area contributed by atoms with Crippen molar-refractivity contribution in [2.24, 2.45) is 5.14 Å². The zero-order chi connectivity index (χ0) is 22.1. The molecule has 4 nitrogen and oxygen atoms in total. The van der Waals surface area contributed by atoms with Crippen LogP contribution in [0.4, 0.5) is 5.69 Å².